The number of aromatic nitrogens is 3. The summed E-state index contributed by atoms with van der Waals surface area (Å²) >= 11 is 13.4. The summed E-state index contributed by atoms with van der Waals surface area (Å²) in [6, 6.07) is 7.91. The molecule has 0 N–H and O–H groups in total. The van der Waals surface area contributed by atoms with Gasteiger partial charge < -0.3 is 0 Å². The molecular formula is C14H11Cl2N3O2S2. The quantitative estimate of drug-likeness (QED) is 0.503. The van der Waals surface area contributed by atoms with Crippen LogP contribution < -0.4 is 0 Å². The fourth-order valence-electron chi connectivity index (χ4n) is 2.20. The number of hydrogen-bond donors (Lipinski definition) is 0. The maximum atomic E-state index is 13.1. The number of thioether (sulfide) groups is 1. The Labute approximate surface area is 147 Å². The molecule has 23 heavy (non-hydrogen) atoms. The Bertz CT molecular complexity index is 1020. The van der Waals surface area contributed by atoms with Crippen LogP contribution in [0.2, 0.25) is 10.2 Å². The van der Waals surface area contributed by atoms with Gasteiger partial charge in [-0.3, -0.25) is 0 Å². The summed E-state index contributed by atoms with van der Waals surface area (Å²) < 4.78 is 27.5. The summed E-state index contributed by atoms with van der Waals surface area (Å²) in [5.41, 5.74) is 0.796. The van der Waals surface area contributed by atoms with Gasteiger partial charge >= 0.3 is 0 Å². The van der Waals surface area contributed by atoms with Crippen molar-refractivity contribution in [3.8, 4) is 0 Å². The summed E-state index contributed by atoms with van der Waals surface area (Å²) in [4.78, 5) is 4.34. The first-order chi connectivity index (χ1) is 10.9. The van der Waals surface area contributed by atoms with Crippen molar-refractivity contribution < 1.29 is 8.42 Å². The van der Waals surface area contributed by atoms with Gasteiger partial charge in [0.05, 0.1) is 9.92 Å². The molecule has 0 saturated carbocycles. The molecule has 120 valence electrons. The molecule has 5 nitrogen and oxygen atoms in total. The van der Waals surface area contributed by atoms with E-state index in [0.29, 0.717) is 15.9 Å². The third kappa shape index (κ3) is 2.71. The van der Waals surface area contributed by atoms with Crippen LogP contribution in [0.5, 0.6) is 0 Å². The zero-order chi connectivity index (χ0) is 16.8. The number of rotatable bonds is 3. The lowest BCUT2D eigenvalue weighted by Crippen LogP contribution is -2.05. The Morgan fingerprint density at radius 2 is 1.91 bits per heavy atom. The van der Waals surface area contributed by atoms with Gasteiger partial charge in [0.15, 0.2) is 10.5 Å². The van der Waals surface area contributed by atoms with Crippen LogP contribution in [0.15, 0.2) is 45.1 Å². The Morgan fingerprint density at radius 1 is 1.22 bits per heavy atom. The molecule has 1 aromatic carbocycles. The van der Waals surface area contributed by atoms with Gasteiger partial charge in [0.2, 0.25) is 9.84 Å². The van der Waals surface area contributed by atoms with E-state index in [4.69, 9.17) is 23.2 Å². The van der Waals surface area contributed by atoms with Crippen LogP contribution in [-0.2, 0) is 9.84 Å². The summed E-state index contributed by atoms with van der Waals surface area (Å²) in [7, 11) is -3.89. The minimum absolute atomic E-state index is 0.0173. The fraction of sp³-hybridized carbons (Fsp3) is 0.143. The molecule has 0 atom stereocenters. The highest BCUT2D eigenvalue weighted by molar-refractivity contribution is 7.99. The third-order valence-corrected chi connectivity index (χ3v) is 6.55. The number of halogens is 2. The molecule has 3 rings (SSSR count). The average Bonchev–Trinajstić information content (AvgIpc) is 2.87. The molecule has 0 saturated heterocycles. The monoisotopic (exact) mass is 387 g/mol. The van der Waals surface area contributed by atoms with E-state index in [1.54, 1.807) is 31.4 Å². The fourth-order valence-corrected chi connectivity index (χ4v) is 5.38. The highest BCUT2D eigenvalue weighted by Crippen LogP contribution is 2.35. The predicted octanol–water partition coefficient (Wildman–Crippen LogP) is 3.90. The van der Waals surface area contributed by atoms with Crippen molar-refractivity contribution in [3.63, 3.8) is 0 Å². The zero-order valence-corrected chi connectivity index (χ0v) is 15.3. The first kappa shape index (κ1) is 16.6. The van der Waals surface area contributed by atoms with Crippen molar-refractivity contribution >= 4 is 50.4 Å². The van der Waals surface area contributed by atoms with Gasteiger partial charge in [-0.25, -0.2) is 17.9 Å². The number of hydrogen-bond acceptors (Lipinski definition) is 5. The van der Waals surface area contributed by atoms with E-state index >= 15 is 0 Å². The van der Waals surface area contributed by atoms with E-state index in [-0.39, 0.29) is 20.5 Å². The Balaban J connectivity index is 2.42. The van der Waals surface area contributed by atoms with Crippen LogP contribution in [0.25, 0.3) is 5.65 Å². The first-order valence-electron chi connectivity index (χ1n) is 6.45. The molecule has 2 aromatic heterocycles. The highest BCUT2D eigenvalue weighted by atomic mass is 35.5. The number of benzene rings is 1. The number of aryl methyl sites for hydroxylation is 1. The van der Waals surface area contributed by atoms with Gasteiger partial charge in [0.1, 0.15) is 10.2 Å². The van der Waals surface area contributed by atoms with Gasteiger partial charge in [-0.2, -0.15) is 5.10 Å². The largest absolute Gasteiger partial charge is 0.233 e. The molecule has 9 heteroatoms. The van der Waals surface area contributed by atoms with E-state index in [2.05, 4.69) is 10.1 Å². The van der Waals surface area contributed by atoms with Crippen molar-refractivity contribution in [3.05, 3.63) is 46.2 Å². The van der Waals surface area contributed by atoms with Crippen molar-refractivity contribution in [2.24, 2.45) is 0 Å². The van der Waals surface area contributed by atoms with Crippen molar-refractivity contribution in [2.45, 2.75) is 21.7 Å². The standard InChI is InChI=1S/C14H11Cl2N3O2S2/c1-8-7-11(16)19-13(17-8)12(14(18-19)22-2)23(20,21)10-6-4-3-5-9(10)15/h3-7H,1-2H3. The lowest BCUT2D eigenvalue weighted by molar-refractivity contribution is 0.594. The minimum Gasteiger partial charge on any atom is -0.233 e. The van der Waals surface area contributed by atoms with E-state index in [1.165, 1.54) is 28.4 Å². The number of fused-ring (bicyclic) bond motifs is 1. The van der Waals surface area contributed by atoms with E-state index in [0.717, 1.165) is 0 Å². The molecule has 0 spiro atoms. The van der Waals surface area contributed by atoms with Crippen LogP contribution in [0.3, 0.4) is 0 Å². The molecule has 0 aliphatic rings. The summed E-state index contributed by atoms with van der Waals surface area (Å²) in [6.07, 6.45) is 1.74. The number of nitrogens with zero attached hydrogens (tertiary/aromatic N) is 3. The lowest BCUT2D eigenvalue weighted by Gasteiger charge is -2.06. The van der Waals surface area contributed by atoms with E-state index in [1.807, 2.05) is 0 Å². The maximum Gasteiger partial charge on any atom is 0.214 e. The average molecular weight is 388 g/mol. The number of sulfone groups is 1. The van der Waals surface area contributed by atoms with Crippen LogP contribution in [0, 0.1) is 6.92 Å². The van der Waals surface area contributed by atoms with Crippen molar-refractivity contribution in [2.75, 3.05) is 6.26 Å². The van der Waals surface area contributed by atoms with Crippen LogP contribution in [-0.4, -0.2) is 29.3 Å². The van der Waals surface area contributed by atoms with Crippen LogP contribution >= 0.6 is 35.0 Å². The van der Waals surface area contributed by atoms with Crippen molar-refractivity contribution in [1.82, 2.24) is 14.6 Å². The maximum absolute atomic E-state index is 13.1. The smallest absolute Gasteiger partial charge is 0.214 e. The first-order valence-corrected chi connectivity index (χ1v) is 9.92. The van der Waals surface area contributed by atoms with Gasteiger partial charge in [-0.1, -0.05) is 35.3 Å². The van der Waals surface area contributed by atoms with Gasteiger partial charge in [0, 0.05) is 5.69 Å². The highest BCUT2D eigenvalue weighted by Gasteiger charge is 2.30. The summed E-state index contributed by atoms with van der Waals surface area (Å²) in [6.45, 7) is 1.74. The molecule has 0 amide bonds. The van der Waals surface area contributed by atoms with E-state index in [9.17, 15) is 8.42 Å². The summed E-state index contributed by atoms with van der Waals surface area (Å²) in [5, 5.41) is 5.03. The second kappa shape index (κ2) is 5.98. The zero-order valence-electron chi connectivity index (χ0n) is 12.1. The molecule has 2 heterocycles. The van der Waals surface area contributed by atoms with Crippen molar-refractivity contribution in [1.29, 1.82) is 0 Å². The molecule has 0 radical (unpaired) electrons. The molecule has 0 bridgehead atoms. The Hall–Kier alpha value is -1.28. The minimum atomic E-state index is -3.89. The SMILES string of the molecule is CSc1nn2c(Cl)cc(C)nc2c1S(=O)(=O)c1ccccc1Cl. The Kier molecular flexibility index (Phi) is 4.31. The van der Waals surface area contributed by atoms with Gasteiger partial charge in [-0.15, -0.1) is 11.8 Å². The predicted molar refractivity (Wildman–Crippen MR) is 91.4 cm³/mol. The Morgan fingerprint density at radius 3 is 2.57 bits per heavy atom. The molecule has 0 aliphatic heterocycles. The summed E-state index contributed by atoms with van der Waals surface area (Å²) in [5.74, 6) is 0. The van der Waals surface area contributed by atoms with Crippen LogP contribution in [0.4, 0.5) is 0 Å². The second-order valence-electron chi connectivity index (χ2n) is 4.73. The molecular weight excluding hydrogens is 377 g/mol. The normalized spacial score (nSPS) is 12.0. The van der Waals surface area contributed by atoms with E-state index < -0.39 is 9.84 Å². The molecule has 0 unspecified atom stereocenters. The third-order valence-electron chi connectivity index (χ3n) is 3.19. The molecule has 3 aromatic rings. The van der Waals surface area contributed by atoms with Gasteiger partial charge in [-0.05, 0) is 31.4 Å². The molecule has 0 fully saturated rings. The van der Waals surface area contributed by atoms with Crippen LogP contribution in [0.1, 0.15) is 5.69 Å². The second-order valence-corrected chi connectivity index (χ2v) is 8.17. The topological polar surface area (TPSA) is 64.3 Å². The van der Waals surface area contributed by atoms with Gasteiger partial charge in [0.25, 0.3) is 0 Å². The molecule has 0 aliphatic carbocycles. The lowest BCUT2D eigenvalue weighted by atomic mass is 10.4.